The quantitative estimate of drug-likeness (QED) is 0.878. The zero-order valence-corrected chi connectivity index (χ0v) is 11.7. The molecule has 2 aromatic rings. The molecule has 1 heterocycles. The van der Waals surface area contributed by atoms with Gasteiger partial charge >= 0.3 is 0 Å². The van der Waals surface area contributed by atoms with Crippen LogP contribution < -0.4 is 10.9 Å². The number of halogens is 1. The predicted molar refractivity (Wildman–Crippen MR) is 78.0 cm³/mol. The number of rotatable bonds is 4. The molecule has 1 N–H and O–H groups in total. The summed E-state index contributed by atoms with van der Waals surface area (Å²) >= 11 is 5.74. The second-order valence-corrected chi connectivity index (χ2v) is 4.57. The van der Waals surface area contributed by atoms with Crippen molar-refractivity contribution in [1.82, 2.24) is 9.55 Å². The normalized spacial score (nSPS) is 10.3. The second kappa shape index (κ2) is 6.34. The smallest absolute Gasteiger partial charge is 0.255 e. The number of hydrogen-bond donors (Lipinski definition) is 1. The third-order valence-corrected chi connectivity index (χ3v) is 2.93. The van der Waals surface area contributed by atoms with Crippen LogP contribution in [-0.4, -0.2) is 15.5 Å². The van der Waals surface area contributed by atoms with Crippen molar-refractivity contribution in [2.24, 2.45) is 0 Å². The van der Waals surface area contributed by atoms with Crippen LogP contribution in [0.1, 0.15) is 12.7 Å². The van der Waals surface area contributed by atoms with Crippen molar-refractivity contribution in [1.29, 1.82) is 0 Å². The number of aromatic nitrogens is 2. The first-order chi connectivity index (χ1) is 9.60. The summed E-state index contributed by atoms with van der Waals surface area (Å²) in [6.45, 7) is 1.77. The highest BCUT2D eigenvalue weighted by atomic mass is 35.5. The molecule has 0 unspecified atom stereocenters. The number of amides is 1. The minimum absolute atomic E-state index is 0.0823. The summed E-state index contributed by atoms with van der Waals surface area (Å²) < 4.78 is 1.32. The Hall–Kier alpha value is -2.14. The Kier molecular flexibility index (Phi) is 4.53. The Labute approximate surface area is 121 Å². The van der Waals surface area contributed by atoms with Crippen LogP contribution in [0.5, 0.6) is 0 Å². The lowest BCUT2D eigenvalue weighted by Gasteiger charge is -2.11. The highest BCUT2D eigenvalue weighted by Crippen LogP contribution is 2.06. The fourth-order valence-electron chi connectivity index (χ4n) is 1.83. The summed E-state index contributed by atoms with van der Waals surface area (Å²) in [6.07, 6.45) is 0.522. The van der Waals surface area contributed by atoms with Gasteiger partial charge in [0.1, 0.15) is 17.5 Å². The standard InChI is InChI=1S/C14H14ClN3O2/c1-2-12-17-11(15)8-14(20)18(12)9-13(19)16-10-6-4-3-5-7-10/h3-8H,2,9H2,1H3,(H,16,19). The molecule has 2 rings (SSSR count). The second-order valence-electron chi connectivity index (χ2n) is 4.19. The predicted octanol–water partition coefficient (Wildman–Crippen LogP) is 2.10. The monoisotopic (exact) mass is 291 g/mol. The fourth-order valence-corrected chi connectivity index (χ4v) is 2.02. The van der Waals surface area contributed by atoms with E-state index in [-0.39, 0.29) is 23.2 Å². The average Bonchev–Trinajstić information content (AvgIpc) is 2.42. The first kappa shape index (κ1) is 14.3. The lowest BCUT2D eigenvalue weighted by Crippen LogP contribution is -2.30. The van der Waals surface area contributed by atoms with Crippen LogP contribution in [0.25, 0.3) is 0 Å². The SMILES string of the molecule is CCc1nc(Cl)cc(=O)n1CC(=O)Nc1ccccc1. The van der Waals surface area contributed by atoms with E-state index >= 15 is 0 Å². The van der Waals surface area contributed by atoms with Gasteiger partial charge in [-0.3, -0.25) is 14.2 Å². The first-order valence-corrected chi connectivity index (χ1v) is 6.59. The van der Waals surface area contributed by atoms with E-state index in [0.717, 1.165) is 0 Å². The van der Waals surface area contributed by atoms with Gasteiger partial charge in [0.05, 0.1) is 0 Å². The number of carbonyl (C=O) groups is 1. The molecule has 0 fully saturated rings. The summed E-state index contributed by atoms with van der Waals surface area (Å²) in [4.78, 5) is 27.9. The summed E-state index contributed by atoms with van der Waals surface area (Å²) in [5, 5.41) is 2.87. The third kappa shape index (κ3) is 3.45. The van der Waals surface area contributed by atoms with Crippen LogP contribution in [0.2, 0.25) is 5.15 Å². The Morgan fingerprint density at radius 3 is 2.70 bits per heavy atom. The van der Waals surface area contributed by atoms with E-state index in [9.17, 15) is 9.59 Å². The van der Waals surface area contributed by atoms with E-state index in [0.29, 0.717) is 17.9 Å². The van der Waals surface area contributed by atoms with Gasteiger partial charge in [0.25, 0.3) is 5.56 Å². The van der Waals surface area contributed by atoms with Gasteiger partial charge in [-0.15, -0.1) is 0 Å². The molecule has 6 heteroatoms. The van der Waals surface area contributed by atoms with Gasteiger partial charge in [-0.05, 0) is 12.1 Å². The van der Waals surface area contributed by atoms with Crippen molar-refractivity contribution in [3.05, 3.63) is 57.7 Å². The van der Waals surface area contributed by atoms with Crippen LogP contribution in [0.4, 0.5) is 5.69 Å². The summed E-state index contributed by atoms with van der Waals surface area (Å²) in [5.74, 6) is 0.211. The van der Waals surface area contributed by atoms with E-state index in [1.165, 1.54) is 10.6 Å². The molecule has 0 aliphatic carbocycles. The van der Waals surface area contributed by atoms with Crippen LogP contribution >= 0.6 is 11.6 Å². The van der Waals surface area contributed by atoms with Gasteiger partial charge in [0.15, 0.2) is 0 Å². The van der Waals surface area contributed by atoms with E-state index in [4.69, 9.17) is 11.6 Å². The first-order valence-electron chi connectivity index (χ1n) is 6.21. The molecule has 0 aliphatic rings. The number of para-hydroxylation sites is 1. The number of anilines is 1. The van der Waals surface area contributed by atoms with E-state index in [2.05, 4.69) is 10.3 Å². The Morgan fingerprint density at radius 2 is 2.05 bits per heavy atom. The summed E-state index contributed by atoms with van der Waals surface area (Å²) in [6, 6.07) is 10.3. The molecule has 20 heavy (non-hydrogen) atoms. The molecule has 0 atom stereocenters. The molecule has 1 aromatic carbocycles. The van der Waals surface area contributed by atoms with Gasteiger partial charge < -0.3 is 5.32 Å². The fraction of sp³-hybridized carbons (Fsp3) is 0.214. The number of hydrogen-bond acceptors (Lipinski definition) is 3. The van der Waals surface area contributed by atoms with Gasteiger partial charge in [-0.1, -0.05) is 36.7 Å². The number of nitrogens with one attached hydrogen (secondary N) is 1. The molecule has 0 spiro atoms. The lowest BCUT2D eigenvalue weighted by atomic mass is 10.3. The van der Waals surface area contributed by atoms with E-state index < -0.39 is 0 Å². The molecule has 0 bridgehead atoms. The Bertz CT molecular complexity index is 668. The van der Waals surface area contributed by atoms with Crippen LogP contribution in [-0.2, 0) is 17.8 Å². The zero-order chi connectivity index (χ0) is 14.5. The molecule has 5 nitrogen and oxygen atoms in total. The van der Waals surface area contributed by atoms with Crippen molar-refractivity contribution in [3.8, 4) is 0 Å². The minimum Gasteiger partial charge on any atom is -0.325 e. The van der Waals surface area contributed by atoms with Crippen molar-refractivity contribution in [2.45, 2.75) is 19.9 Å². The molecule has 0 saturated carbocycles. The molecule has 1 amide bonds. The highest BCUT2D eigenvalue weighted by Gasteiger charge is 2.10. The lowest BCUT2D eigenvalue weighted by molar-refractivity contribution is -0.116. The number of aryl methyl sites for hydroxylation is 1. The van der Waals surface area contributed by atoms with Gasteiger partial charge in [-0.25, -0.2) is 4.98 Å². The van der Waals surface area contributed by atoms with Crippen molar-refractivity contribution in [2.75, 3.05) is 5.32 Å². The molecule has 0 saturated heterocycles. The Morgan fingerprint density at radius 1 is 1.35 bits per heavy atom. The summed E-state index contributed by atoms with van der Waals surface area (Å²) in [7, 11) is 0. The van der Waals surface area contributed by atoms with E-state index in [1.54, 1.807) is 12.1 Å². The Balaban J connectivity index is 2.18. The van der Waals surface area contributed by atoms with Gasteiger partial charge in [0.2, 0.25) is 5.91 Å². The molecule has 1 aromatic heterocycles. The molecule has 0 aliphatic heterocycles. The van der Waals surface area contributed by atoms with E-state index in [1.807, 2.05) is 25.1 Å². The summed E-state index contributed by atoms with van der Waals surface area (Å²) in [5.41, 5.74) is 0.357. The average molecular weight is 292 g/mol. The number of benzene rings is 1. The number of nitrogens with zero attached hydrogens (tertiary/aromatic N) is 2. The van der Waals surface area contributed by atoms with Crippen LogP contribution in [0, 0.1) is 0 Å². The maximum atomic E-state index is 12.0. The van der Waals surface area contributed by atoms with Crippen molar-refractivity contribution < 1.29 is 4.79 Å². The van der Waals surface area contributed by atoms with Gasteiger partial charge in [0, 0.05) is 18.2 Å². The molecule has 104 valence electrons. The minimum atomic E-state index is -0.329. The van der Waals surface area contributed by atoms with Crippen molar-refractivity contribution in [3.63, 3.8) is 0 Å². The maximum absolute atomic E-state index is 12.0. The highest BCUT2D eigenvalue weighted by molar-refractivity contribution is 6.29. The van der Waals surface area contributed by atoms with Crippen molar-refractivity contribution >= 4 is 23.2 Å². The maximum Gasteiger partial charge on any atom is 0.255 e. The third-order valence-electron chi connectivity index (χ3n) is 2.73. The molecular weight excluding hydrogens is 278 g/mol. The topological polar surface area (TPSA) is 64.0 Å². The zero-order valence-electron chi connectivity index (χ0n) is 11.0. The van der Waals surface area contributed by atoms with Crippen LogP contribution in [0.15, 0.2) is 41.2 Å². The van der Waals surface area contributed by atoms with Gasteiger partial charge in [-0.2, -0.15) is 0 Å². The largest absolute Gasteiger partial charge is 0.325 e. The molecular formula is C14H14ClN3O2. The number of carbonyl (C=O) groups excluding carboxylic acids is 1. The molecule has 0 radical (unpaired) electrons. The van der Waals surface area contributed by atoms with Crippen LogP contribution in [0.3, 0.4) is 0 Å².